The average molecular weight is 228 g/mol. The molecule has 90 valence electrons. The van der Waals surface area contributed by atoms with Crippen LogP contribution in [0.25, 0.3) is 0 Å². The van der Waals surface area contributed by atoms with Gasteiger partial charge in [0.25, 0.3) is 5.56 Å². The maximum absolute atomic E-state index is 11.4. The fourth-order valence-electron chi connectivity index (χ4n) is 1.32. The molecule has 0 fully saturated rings. The number of anilines is 2. The lowest BCUT2D eigenvalue weighted by Crippen LogP contribution is -2.34. The summed E-state index contributed by atoms with van der Waals surface area (Å²) in [5, 5.41) is 11.8. The third-order valence-electron chi connectivity index (χ3n) is 2.13. The molecule has 1 rings (SSSR count). The quantitative estimate of drug-likeness (QED) is 0.524. The molecule has 1 atom stereocenters. The number of aliphatic hydroxyl groups excluding tert-OH is 1. The fourth-order valence-corrected chi connectivity index (χ4v) is 1.32. The predicted octanol–water partition coefficient (Wildman–Crippen LogP) is -1.07. The van der Waals surface area contributed by atoms with Crippen LogP contribution in [0.1, 0.15) is 13.8 Å². The van der Waals surface area contributed by atoms with Crippen molar-refractivity contribution in [2.24, 2.45) is 0 Å². The number of aromatic nitrogens is 2. The van der Waals surface area contributed by atoms with E-state index in [0.717, 1.165) is 0 Å². The number of rotatable bonds is 4. The van der Waals surface area contributed by atoms with E-state index in [1.54, 1.807) is 13.8 Å². The lowest BCUT2D eigenvalue weighted by molar-refractivity contribution is 0.208. The van der Waals surface area contributed by atoms with Crippen molar-refractivity contribution in [3.05, 3.63) is 20.8 Å². The molecule has 1 heterocycles. The van der Waals surface area contributed by atoms with Crippen molar-refractivity contribution in [2.75, 3.05) is 17.6 Å². The smallest absolute Gasteiger partial charge is 0.330 e. The summed E-state index contributed by atoms with van der Waals surface area (Å²) < 4.78 is 1.24. The Labute approximate surface area is 91.9 Å². The fraction of sp³-hybridized carbons (Fsp3) is 0.556. The van der Waals surface area contributed by atoms with Gasteiger partial charge in [-0.1, -0.05) is 0 Å². The van der Waals surface area contributed by atoms with E-state index in [-0.39, 0.29) is 18.1 Å². The first-order chi connectivity index (χ1) is 7.47. The van der Waals surface area contributed by atoms with E-state index in [1.807, 2.05) is 0 Å². The van der Waals surface area contributed by atoms with Gasteiger partial charge < -0.3 is 16.2 Å². The van der Waals surface area contributed by atoms with Gasteiger partial charge in [-0.15, -0.1) is 0 Å². The lowest BCUT2D eigenvalue weighted by Gasteiger charge is -2.13. The largest absolute Gasteiger partial charge is 0.392 e. The lowest BCUT2D eigenvalue weighted by atomic mass is 10.3. The molecule has 0 amide bonds. The van der Waals surface area contributed by atoms with Gasteiger partial charge in [0.05, 0.1) is 6.10 Å². The zero-order chi connectivity index (χ0) is 12.3. The third kappa shape index (κ3) is 2.43. The van der Waals surface area contributed by atoms with Crippen molar-refractivity contribution in [3.63, 3.8) is 0 Å². The first kappa shape index (κ1) is 12.3. The van der Waals surface area contributed by atoms with Gasteiger partial charge in [0, 0.05) is 13.1 Å². The van der Waals surface area contributed by atoms with Gasteiger partial charge in [-0.2, -0.15) is 0 Å². The van der Waals surface area contributed by atoms with Crippen molar-refractivity contribution < 1.29 is 5.11 Å². The second-order valence-corrected chi connectivity index (χ2v) is 3.49. The van der Waals surface area contributed by atoms with Crippen LogP contribution in [0.5, 0.6) is 0 Å². The molecule has 0 aliphatic rings. The van der Waals surface area contributed by atoms with E-state index in [0.29, 0.717) is 6.54 Å². The minimum Gasteiger partial charge on any atom is -0.392 e. The maximum Gasteiger partial charge on any atom is 0.330 e. The normalized spacial score (nSPS) is 12.4. The van der Waals surface area contributed by atoms with Crippen LogP contribution >= 0.6 is 0 Å². The zero-order valence-corrected chi connectivity index (χ0v) is 9.28. The summed E-state index contributed by atoms with van der Waals surface area (Å²) in [6, 6.07) is 0. The summed E-state index contributed by atoms with van der Waals surface area (Å²) in [5.41, 5.74) is 4.68. The molecule has 0 radical (unpaired) electrons. The van der Waals surface area contributed by atoms with Crippen molar-refractivity contribution in [1.82, 2.24) is 9.55 Å². The Kier molecular flexibility index (Phi) is 3.73. The van der Waals surface area contributed by atoms with Gasteiger partial charge in [0.15, 0.2) is 0 Å². The SMILES string of the molecule is CCn1c(N)c(NCC(C)O)c(=O)[nH]c1=O. The summed E-state index contributed by atoms with van der Waals surface area (Å²) >= 11 is 0. The molecule has 7 nitrogen and oxygen atoms in total. The Morgan fingerprint density at radius 3 is 2.69 bits per heavy atom. The molecule has 16 heavy (non-hydrogen) atoms. The van der Waals surface area contributed by atoms with Crippen LogP contribution in [-0.4, -0.2) is 27.3 Å². The third-order valence-corrected chi connectivity index (χ3v) is 2.13. The van der Waals surface area contributed by atoms with Crippen molar-refractivity contribution >= 4 is 11.5 Å². The van der Waals surface area contributed by atoms with Crippen LogP contribution in [0.2, 0.25) is 0 Å². The maximum atomic E-state index is 11.4. The minimum atomic E-state index is -0.610. The number of hydrogen-bond acceptors (Lipinski definition) is 5. The Bertz CT molecular complexity index is 475. The molecule has 0 saturated heterocycles. The van der Waals surface area contributed by atoms with Crippen molar-refractivity contribution in [1.29, 1.82) is 0 Å². The van der Waals surface area contributed by atoms with Gasteiger partial charge in [-0.05, 0) is 13.8 Å². The molecule has 0 bridgehead atoms. The highest BCUT2D eigenvalue weighted by Gasteiger charge is 2.11. The van der Waals surface area contributed by atoms with Gasteiger partial charge in [0.2, 0.25) is 0 Å². The van der Waals surface area contributed by atoms with Crippen LogP contribution in [-0.2, 0) is 6.54 Å². The number of H-pyrrole nitrogens is 1. The van der Waals surface area contributed by atoms with E-state index in [9.17, 15) is 9.59 Å². The summed E-state index contributed by atoms with van der Waals surface area (Å²) in [7, 11) is 0. The molecule has 1 unspecified atom stereocenters. The summed E-state index contributed by atoms with van der Waals surface area (Å²) in [5.74, 6) is 0.0805. The van der Waals surface area contributed by atoms with E-state index < -0.39 is 17.4 Å². The molecular weight excluding hydrogens is 212 g/mol. The Hall–Kier alpha value is -1.76. The first-order valence-corrected chi connectivity index (χ1v) is 5.01. The predicted molar refractivity (Wildman–Crippen MR) is 61.6 cm³/mol. The van der Waals surface area contributed by atoms with Crippen LogP contribution < -0.4 is 22.3 Å². The summed E-state index contributed by atoms with van der Waals surface area (Å²) in [4.78, 5) is 24.9. The first-order valence-electron chi connectivity index (χ1n) is 5.01. The van der Waals surface area contributed by atoms with Gasteiger partial charge >= 0.3 is 5.69 Å². The van der Waals surface area contributed by atoms with Gasteiger partial charge in [-0.3, -0.25) is 14.3 Å². The topological polar surface area (TPSA) is 113 Å². The number of nitrogens with one attached hydrogen (secondary N) is 2. The molecule has 0 spiro atoms. The monoisotopic (exact) mass is 228 g/mol. The number of nitrogen functional groups attached to an aromatic ring is 1. The molecule has 0 aliphatic heterocycles. The van der Waals surface area contributed by atoms with E-state index >= 15 is 0 Å². The van der Waals surface area contributed by atoms with Crippen LogP contribution in [0, 0.1) is 0 Å². The number of nitrogens with zero attached hydrogens (tertiary/aromatic N) is 1. The molecule has 5 N–H and O–H groups in total. The zero-order valence-electron chi connectivity index (χ0n) is 9.28. The standard InChI is InChI=1S/C9H16N4O3/c1-3-13-7(10)6(11-4-5(2)14)8(15)12-9(13)16/h5,11,14H,3-4,10H2,1-2H3,(H,12,15,16). The second kappa shape index (κ2) is 4.84. The molecule has 7 heteroatoms. The van der Waals surface area contributed by atoms with Crippen LogP contribution in [0.3, 0.4) is 0 Å². The Morgan fingerprint density at radius 1 is 1.56 bits per heavy atom. The molecule has 1 aromatic rings. The average Bonchev–Trinajstić information content (AvgIpc) is 2.16. The summed E-state index contributed by atoms with van der Waals surface area (Å²) in [6.45, 7) is 3.88. The molecule has 0 saturated carbocycles. The number of hydrogen-bond donors (Lipinski definition) is 4. The summed E-state index contributed by atoms with van der Waals surface area (Å²) in [6.07, 6.45) is -0.610. The van der Waals surface area contributed by atoms with Crippen molar-refractivity contribution in [2.45, 2.75) is 26.5 Å². The second-order valence-electron chi connectivity index (χ2n) is 3.49. The number of aromatic amines is 1. The van der Waals surface area contributed by atoms with E-state index in [4.69, 9.17) is 10.8 Å². The molecule has 1 aromatic heterocycles. The molecule has 0 aromatic carbocycles. The highest BCUT2D eigenvalue weighted by Crippen LogP contribution is 2.09. The van der Waals surface area contributed by atoms with Gasteiger partial charge in [-0.25, -0.2) is 4.79 Å². The highest BCUT2D eigenvalue weighted by atomic mass is 16.3. The van der Waals surface area contributed by atoms with Crippen LogP contribution in [0.15, 0.2) is 9.59 Å². The van der Waals surface area contributed by atoms with Crippen molar-refractivity contribution in [3.8, 4) is 0 Å². The molecular formula is C9H16N4O3. The Morgan fingerprint density at radius 2 is 2.19 bits per heavy atom. The van der Waals surface area contributed by atoms with E-state index in [1.165, 1.54) is 4.57 Å². The minimum absolute atomic E-state index is 0.0805. The van der Waals surface area contributed by atoms with E-state index in [2.05, 4.69) is 10.3 Å². The van der Waals surface area contributed by atoms with Gasteiger partial charge in [0.1, 0.15) is 11.5 Å². The highest BCUT2D eigenvalue weighted by molar-refractivity contribution is 5.60. The molecule has 0 aliphatic carbocycles. The van der Waals surface area contributed by atoms with Crippen LogP contribution in [0.4, 0.5) is 11.5 Å². The number of aliphatic hydroxyl groups is 1. The Balaban J connectivity index is 3.18. The number of nitrogens with two attached hydrogens (primary N) is 1.